The molecule has 0 aliphatic carbocycles. The second-order valence-electron chi connectivity index (χ2n) is 4.83. The number of rotatable bonds is 4. The van der Waals surface area contributed by atoms with Crippen molar-refractivity contribution in [2.45, 2.75) is 13.3 Å². The van der Waals surface area contributed by atoms with Gasteiger partial charge < -0.3 is 14.9 Å². The lowest BCUT2D eigenvalue weighted by atomic mass is 10.1. The van der Waals surface area contributed by atoms with Gasteiger partial charge in [0.2, 0.25) is 0 Å². The SMILES string of the molecule is CC(=O)c1ccc(O)cc1.COC(=O)CC(=O)c1ccc(O)cc1. The maximum atomic E-state index is 11.3. The molecule has 0 unspecified atom stereocenters. The maximum absolute atomic E-state index is 11.3. The Morgan fingerprint density at radius 3 is 1.62 bits per heavy atom. The molecule has 0 amide bonds. The number of aromatic hydroxyl groups is 2. The van der Waals surface area contributed by atoms with E-state index in [1.807, 2.05) is 0 Å². The first-order valence-electron chi connectivity index (χ1n) is 7.02. The predicted octanol–water partition coefficient (Wildman–Crippen LogP) is 2.73. The van der Waals surface area contributed by atoms with Gasteiger partial charge in [-0.2, -0.15) is 0 Å². The van der Waals surface area contributed by atoms with Gasteiger partial charge in [0, 0.05) is 11.1 Å². The van der Waals surface area contributed by atoms with Crippen LogP contribution in [0.1, 0.15) is 34.1 Å². The van der Waals surface area contributed by atoms with Gasteiger partial charge in [-0.3, -0.25) is 14.4 Å². The summed E-state index contributed by atoms with van der Waals surface area (Å²) < 4.78 is 4.36. The van der Waals surface area contributed by atoms with Crippen molar-refractivity contribution < 1.29 is 29.3 Å². The highest BCUT2D eigenvalue weighted by molar-refractivity contribution is 6.05. The number of ketones is 2. The van der Waals surface area contributed by atoms with Crippen LogP contribution in [0.3, 0.4) is 0 Å². The summed E-state index contributed by atoms with van der Waals surface area (Å²) in [6, 6.07) is 11.9. The molecule has 0 aliphatic heterocycles. The van der Waals surface area contributed by atoms with Gasteiger partial charge >= 0.3 is 5.97 Å². The molecule has 2 aromatic carbocycles. The summed E-state index contributed by atoms with van der Waals surface area (Å²) in [5.41, 5.74) is 1.01. The van der Waals surface area contributed by atoms with E-state index in [1.165, 1.54) is 50.4 Å². The molecule has 6 heteroatoms. The molecule has 24 heavy (non-hydrogen) atoms. The van der Waals surface area contributed by atoms with Gasteiger partial charge in [0.25, 0.3) is 0 Å². The first-order valence-corrected chi connectivity index (χ1v) is 7.02. The predicted molar refractivity (Wildman–Crippen MR) is 87.2 cm³/mol. The van der Waals surface area contributed by atoms with Crippen LogP contribution < -0.4 is 0 Å². The molecular weight excluding hydrogens is 312 g/mol. The molecule has 0 radical (unpaired) electrons. The highest BCUT2D eigenvalue weighted by atomic mass is 16.5. The van der Waals surface area contributed by atoms with E-state index < -0.39 is 5.97 Å². The van der Waals surface area contributed by atoms with Crippen LogP contribution in [0, 0.1) is 0 Å². The van der Waals surface area contributed by atoms with Crippen molar-refractivity contribution in [1.82, 2.24) is 0 Å². The van der Waals surface area contributed by atoms with E-state index in [0.717, 1.165) is 0 Å². The van der Waals surface area contributed by atoms with E-state index in [2.05, 4.69) is 4.74 Å². The number of methoxy groups -OCH3 is 1. The Kier molecular flexibility index (Phi) is 7.16. The van der Waals surface area contributed by atoms with Crippen molar-refractivity contribution in [3.05, 3.63) is 59.7 Å². The van der Waals surface area contributed by atoms with E-state index in [0.29, 0.717) is 11.1 Å². The number of ether oxygens (including phenoxy) is 1. The average Bonchev–Trinajstić information content (AvgIpc) is 2.56. The van der Waals surface area contributed by atoms with Crippen LogP contribution in [0.2, 0.25) is 0 Å². The Morgan fingerprint density at radius 2 is 1.25 bits per heavy atom. The molecule has 2 rings (SSSR count). The topological polar surface area (TPSA) is 101 Å². The number of phenolic OH excluding ortho intramolecular Hbond substituents is 2. The number of Topliss-reactive ketones (excluding diaryl/α,β-unsaturated/α-hetero) is 2. The smallest absolute Gasteiger partial charge is 0.313 e. The fourth-order valence-corrected chi connectivity index (χ4v) is 1.65. The largest absolute Gasteiger partial charge is 0.508 e. The molecule has 2 N–H and O–H groups in total. The quantitative estimate of drug-likeness (QED) is 0.508. The minimum absolute atomic E-state index is 0.0139. The fourth-order valence-electron chi connectivity index (χ4n) is 1.65. The molecule has 6 nitrogen and oxygen atoms in total. The summed E-state index contributed by atoms with van der Waals surface area (Å²) in [7, 11) is 1.23. The molecule has 0 atom stereocenters. The third-order valence-corrected chi connectivity index (χ3v) is 3.00. The van der Waals surface area contributed by atoms with Crippen LogP contribution in [0.5, 0.6) is 11.5 Å². The molecule has 0 fully saturated rings. The lowest BCUT2D eigenvalue weighted by Gasteiger charge is -1.99. The molecule has 0 aromatic heterocycles. The summed E-state index contributed by atoms with van der Waals surface area (Å²) in [5.74, 6) is -0.607. The van der Waals surface area contributed by atoms with E-state index >= 15 is 0 Å². The standard InChI is InChI=1S/C10H10O4.C8H8O2/c1-14-10(13)6-9(12)7-2-4-8(11)5-3-7;1-6(9)7-2-4-8(10)5-3-7/h2-5,11H,6H2,1H3;2-5,10H,1H3. The van der Waals surface area contributed by atoms with Crippen molar-refractivity contribution in [2.75, 3.05) is 7.11 Å². The number of hydrogen-bond donors (Lipinski definition) is 2. The minimum atomic E-state index is -0.567. The molecule has 0 bridgehead atoms. The monoisotopic (exact) mass is 330 g/mol. The Morgan fingerprint density at radius 1 is 0.833 bits per heavy atom. The van der Waals surface area contributed by atoms with Gasteiger partial charge in [0.05, 0.1) is 7.11 Å². The third-order valence-electron chi connectivity index (χ3n) is 3.00. The third kappa shape index (κ3) is 6.31. The van der Waals surface area contributed by atoms with Crippen molar-refractivity contribution >= 4 is 17.5 Å². The molecule has 2 aromatic rings. The van der Waals surface area contributed by atoms with Crippen LogP contribution in [0.4, 0.5) is 0 Å². The van der Waals surface area contributed by atoms with E-state index in [4.69, 9.17) is 10.2 Å². The number of benzene rings is 2. The Labute approximate surface area is 139 Å². The average molecular weight is 330 g/mol. The van der Waals surface area contributed by atoms with Crippen LogP contribution in [-0.4, -0.2) is 34.9 Å². The highest BCUT2D eigenvalue weighted by Crippen LogP contribution is 2.11. The Hall–Kier alpha value is -3.15. The summed E-state index contributed by atoms with van der Waals surface area (Å²) in [6.07, 6.45) is -0.277. The summed E-state index contributed by atoms with van der Waals surface area (Å²) in [5, 5.41) is 17.8. The minimum Gasteiger partial charge on any atom is -0.508 e. The first-order chi connectivity index (χ1) is 11.3. The molecule has 0 saturated carbocycles. The van der Waals surface area contributed by atoms with Gasteiger partial charge in [-0.15, -0.1) is 0 Å². The second-order valence-corrected chi connectivity index (χ2v) is 4.83. The molecule has 0 spiro atoms. The van der Waals surface area contributed by atoms with E-state index in [-0.39, 0.29) is 29.5 Å². The lowest BCUT2D eigenvalue weighted by Crippen LogP contribution is -2.09. The molecule has 0 heterocycles. The number of hydrogen-bond acceptors (Lipinski definition) is 6. The van der Waals surface area contributed by atoms with Crippen molar-refractivity contribution in [3.8, 4) is 11.5 Å². The zero-order chi connectivity index (χ0) is 18.1. The Bertz CT molecular complexity index is 701. The van der Waals surface area contributed by atoms with Gasteiger partial charge in [-0.05, 0) is 55.5 Å². The van der Waals surface area contributed by atoms with Crippen molar-refractivity contribution in [1.29, 1.82) is 0 Å². The first kappa shape index (κ1) is 18.9. The lowest BCUT2D eigenvalue weighted by molar-refractivity contribution is -0.139. The normalized spacial score (nSPS) is 9.42. The maximum Gasteiger partial charge on any atom is 0.313 e. The zero-order valence-corrected chi connectivity index (χ0v) is 13.4. The Balaban J connectivity index is 0.000000254. The molecule has 0 aliphatic rings. The van der Waals surface area contributed by atoms with Gasteiger partial charge in [-0.1, -0.05) is 0 Å². The highest BCUT2D eigenvalue weighted by Gasteiger charge is 2.11. The van der Waals surface area contributed by atoms with Gasteiger partial charge in [0.15, 0.2) is 11.6 Å². The van der Waals surface area contributed by atoms with Crippen LogP contribution in [0.25, 0.3) is 0 Å². The number of esters is 1. The molecular formula is C18H18O6. The fraction of sp³-hybridized carbons (Fsp3) is 0.167. The zero-order valence-electron chi connectivity index (χ0n) is 13.4. The van der Waals surface area contributed by atoms with Gasteiger partial charge in [0.1, 0.15) is 17.9 Å². The number of carbonyl (C=O) groups is 3. The molecule has 126 valence electrons. The second kappa shape index (κ2) is 9.09. The van der Waals surface area contributed by atoms with Crippen molar-refractivity contribution in [3.63, 3.8) is 0 Å². The van der Waals surface area contributed by atoms with Crippen LogP contribution >= 0.6 is 0 Å². The van der Waals surface area contributed by atoms with Crippen LogP contribution in [-0.2, 0) is 9.53 Å². The summed E-state index contributed by atoms with van der Waals surface area (Å²) >= 11 is 0. The summed E-state index contributed by atoms with van der Waals surface area (Å²) in [6.45, 7) is 1.49. The van der Waals surface area contributed by atoms with Crippen LogP contribution in [0.15, 0.2) is 48.5 Å². The van der Waals surface area contributed by atoms with E-state index in [1.54, 1.807) is 12.1 Å². The molecule has 0 saturated heterocycles. The van der Waals surface area contributed by atoms with Gasteiger partial charge in [-0.25, -0.2) is 0 Å². The van der Waals surface area contributed by atoms with E-state index in [9.17, 15) is 14.4 Å². The number of carbonyl (C=O) groups excluding carboxylic acids is 3. The summed E-state index contributed by atoms with van der Waals surface area (Å²) in [4.78, 5) is 32.8. The number of phenols is 2. The van der Waals surface area contributed by atoms with Crippen molar-refractivity contribution in [2.24, 2.45) is 0 Å².